The molecule has 1 aliphatic heterocycles. The molecule has 2 heterocycles. The summed E-state index contributed by atoms with van der Waals surface area (Å²) in [5, 5.41) is 10.6. The van der Waals surface area contributed by atoms with Gasteiger partial charge in [0.15, 0.2) is 11.0 Å². The molecule has 1 N–H and O–H groups in total. The summed E-state index contributed by atoms with van der Waals surface area (Å²) in [5.41, 5.74) is 0. The quantitative estimate of drug-likeness (QED) is 0.889. The molecule has 0 atom stereocenters. The maximum Gasteiger partial charge on any atom is 0.245 e. The fourth-order valence-electron chi connectivity index (χ4n) is 1.52. The van der Waals surface area contributed by atoms with Crippen LogP contribution in [0.25, 0.3) is 0 Å². The van der Waals surface area contributed by atoms with E-state index in [1.54, 1.807) is 0 Å². The van der Waals surface area contributed by atoms with Crippen molar-refractivity contribution in [3.63, 3.8) is 0 Å². The molecule has 0 aromatic carbocycles. The molecule has 1 saturated heterocycles. The molecule has 0 aliphatic carbocycles. The Balaban J connectivity index is 2.03. The van der Waals surface area contributed by atoms with Crippen molar-refractivity contribution in [3.05, 3.63) is 10.4 Å². The number of rotatable bonds is 2. The molecule has 16 heavy (non-hydrogen) atoms. The van der Waals surface area contributed by atoms with Crippen molar-refractivity contribution < 1.29 is 4.21 Å². The molecule has 0 radical (unpaired) electrons. The van der Waals surface area contributed by atoms with Crippen molar-refractivity contribution in [2.45, 2.75) is 18.9 Å². The highest BCUT2D eigenvalue weighted by Crippen LogP contribution is 2.20. The zero-order valence-electron chi connectivity index (χ0n) is 8.32. The highest BCUT2D eigenvalue weighted by molar-refractivity contribution is 7.85. The van der Waals surface area contributed by atoms with Gasteiger partial charge in [-0.15, -0.1) is 10.2 Å². The van der Waals surface area contributed by atoms with Gasteiger partial charge in [-0.05, 0) is 24.4 Å². The maximum atomic E-state index is 11.2. The molecule has 1 aliphatic rings. The van der Waals surface area contributed by atoms with Crippen LogP contribution in [0.4, 0.5) is 5.82 Å². The number of hydrogen-bond donors (Lipinski definition) is 1. The lowest BCUT2D eigenvalue weighted by Gasteiger charge is -2.22. The minimum absolute atomic E-state index is 0.0614. The second-order valence-corrected chi connectivity index (χ2v) is 5.88. The van der Waals surface area contributed by atoms with Crippen LogP contribution in [0.2, 0.25) is 10.4 Å². The lowest BCUT2D eigenvalue weighted by Crippen LogP contribution is -2.30. The Bertz CT molecular complexity index is 407. The summed E-state index contributed by atoms with van der Waals surface area (Å²) < 4.78 is 11.2. The van der Waals surface area contributed by atoms with Crippen LogP contribution in [0.5, 0.6) is 0 Å². The van der Waals surface area contributed by atoms with Crippen LogP contribution in [0.3, 0.4) is 0 Å². The van der Waals surface area contributed by atoms with Crippen LogP contribution < -0.4 is 5.32 Å². The molecular formula is C8H10Cl2N4OS. The van der Waals surface area contributed by atoms with Gasteiger partial charge in [0.2, 0.25) is 5.28 Å². The van der Waals surface area contributed by atoms with E-state index in [1.165, 1.54) is 0 Å². The number of nitrogens with one attached hydrogen (secondary N) is 1. The Morgan fingerprint density at radius 3 is 2.62 bits per heavy atom. The highest BCUT2D eigenvalue weighted by atomic mass is 35.5. The zero-order chi connectivity index (χ0) is 11.5. The van der Waals surface area contributed by atoms with E-state index in [9.17, 15) is 4.21 Å². The van der Waals surface area contributed by atoms with Crippen molar-refractivity contribution >= 4 is 39.8 Å². The van der Waals surface area contributed by atoms with Crippen molar-refractivity contribution in [2.24, 2.45) is 0 Å². The molecule has 5 nitrogen and oxygen atoms in total. The molecule has 1 aromatic rings. The molecule has 0 saturated carbocycles. The van der Waals surface area contributed by atoms with Crippen LogP contribution in [-0.2, 0) is 10.8 Å². The molecule has 0 unspecified atom stereocenters. The monoisotopic (exact) mass is 280 g/mol. The molecule has 1 fully saturated rings. The Hall–Kier alpha value is -0.460. The van der Waals surface area contributed by atoms with Crippen LogP contribution in [-0.4, -0.2) is 36.9 Å². The van der Waals surface area contributed by atoms with Gasteiger partial charge in [0, 0.05) is 28.3 Å². The number of anilines is 1. The molecule has 0 amide bonds. The van der Waals surface area contributed by atoms with E-state index in [4.69, 9.17) is 23.2 Å². The number of nitrogens with zero attached hydrogens (tertiary/aromatic N) is 3. The van der Waals surface area contributed by atoms with Crippen molar-refractivity contribution in [1.29, 1.82) is 0 Å². The average molecular weight is 281 g/mol. The van der Waals surface area contributed by atoms with Gasteiger partial charge in [-0.25, -0.2) is 0 Å². The number of aromatic nitrogens is 3. The van der Waals surface area contributed by atoms with Crippen molar-refractivity contribution in [1.82, 2.24) is 15.2 Å². The molecule has 8 heteroatoms. The van der Waals surface area contributed by atoms with E-state index < -0.39 is 10.8 Å². The van der Waals surface area contributed by atoms with Gasteiger partial charge in [-0.3, -0.25) is 4.21 Å². The molecule has 1 aromatic heterocycles. The topological polar surface area (TPSA) is 67.8 Å². The Morgan fingerprint density at radius 1 is 1.25 bits per heavy atom. The first-order valence-electron chi connectivity index (χ1n) is 4.82. The summed E-state index contributed by atoms with van der Waals surface area (Å²) in [6, 6.07) is 0.225. The predicted octanol–water partition coefficient (Wildman–Crippen LogP) is 1.50. The van der Waals surface area contributed by atoms with Gasteiger partial charge in [0.1, 0.15) is 0 Å². The van der Waals surface area contributed by atoms with Crippen LogP contribution in [0.15, 0.2) is 0 Å². The second-order valence-electron chi connectivity index (χ2n) is 3.49. The van der Waals surface area contributed by atoms with Gasteiger partial charge in [0.05, 0.1) is 0 Å². The summed E-state index contributed by atoms with van der Waals surface area (Å²) in [6.07, 6.45) is 1.68. The fourth-order valence-corrected chi connectivity index (χ4v) is 3.07. The third kappa shape index (κ3) is 3.02. The van der Waals surface area contributed by atoms with Crippen LogP contribution >= 0.6 is 23.2 Å². The summed E-state index contributed by atoms with van der Waals surface area (Å²) >= 11 is 11.5. The Morgan fingerprint density at radius 2 is 1.94 bits per heavy atom. The zero-order valence-corrected chi connectivity index (χ0v) is 10.6. The maximum absolute atomic E-state index is 11.2. The molecular weight excluding hydrogens is 271 g/mol. The van der Waals surface area contributed by atoms with Gasteiger partial charge in [0.25, 0.3) is 0 Å². The van der Waals surface area contributed by atoms with Crippen LogP contribution in [0.1, 0.15) is 12.8 Å². The first-order valence-corrected chi connectivity index (χ1v) is 7.07. The molecule has 88 valence electrons. The first kappa shape index (κ1) is 12.0. The normalized spacial score (nSPS) is 25.4. The SMILES string of the molecule is O=S1CCC(Nc2nc(Cl)nnc2Cl)CC1. The predicted molar refractivity (Wildman–Crippen MR) is 64.4 cm³/mol. The summed E-state index contributed by atoms with van der Waals surface area (Å²) in [7, 11) is -0.676. The minimum Gasteiger partial charge on any atom is -0.365 e. The van der Waals surface area contributed by atoms with E-state index in [-0.39, 0.29) is 16.5 Å². The third-order valence-electron chi connectivity index (χ3n) is 2.35. The number of halogens is 2. The summed E-state index contributed by atoms with van der Waals surface area (Å²) in [4.78, 5) is 3.96. The smallest absolute Gasteiger partial charge is 0.245 e. The summed E-state index contributed by atoms with van der Waals surface area (Å²) in [5.74, 6) is 1.86. The largest absolute Gasteiger partial charge is 0.365 e. The van der Waals surface area contributed by atoms with Crippen LogP contribution in [0, 0.1) is 0 Å². The highest BCUT2D eigenvalue weighted by Gasteiger charge is 2.19. The van der Waals surface area contributed by atoms with E-state index in [0.29, 0.717) is 17.3 Å². The first-order chi connectivity index (χ1) is 7.65. The Labute approximate surface area is 105 Å². The van der Waals surface area contributed by atoms with E-state index in [2.05, 4.69) is 20.5 Å². The van der Waals surface area contributed by atoms with E-state index >= 15 is 0 Å². The average Bonchev–Trinajstić information content (AvgIpc) is 2.27. The van der Waals surface area contributed by atoms with Gasteiger partial charge >= 0.3 is 0 Å². The number of hydrogen-bond acceptors (Lipinski definition) is 5. The Kier molecular flexibility index (Phi) is 3.94. The lowest BCUT2D eigenvalue weighted by molar-refractivity contribution is 0.622. The standard InChI is InChI=1S/C8H10Cl2N4OS/c9-6-7(12-8(10)14-13-6)11-5-1-3-16(15)4-2-5/h5H,1-4H2,(H,11,12,14). The molecule has 0 spiro atoms. The molecule has 0 bridgehead atoms. The van der Waals surface area contributed by atoms with E-state index in [0.717, 1.165) is 12.8 Å². The van der Waals surface area contributed by atoms with Gasteiger partial charge < -0.3 is 5.32 Å². The second kappa shape index (κ2) is 5.25. The lowest BCUT2D eigenvalue weighted by atomic mass is 10.1. The summed E-state index contributed by atoms with van der Waals surface area (Å²) in [6.45, 7) is 0. The van der Waals surface area contributed by atoms with Crippen molar-refractivity contribution in [3.8, 4) is 0 Å². The van der Waals surface area contributed by atoms with Gasteiger partial charge in [-0.2, -0.15) is 4.98 Å². The van der Waals surface area contributed by atoms with Gasteiger partial charge in [-0.1, -0.05) is 11.6 Å². The minimum atomic E-state index is -0.676. The third-order valence-corrected chi connectivity index (χ3v) is 4.15. The fraction of sp³-hybridized carbons (Fsp3) is 0.625. The van der Waals surface area contributed by atoms with E-state index in [1.807, 2.05) is 0 Å². The molecule has 2 rings (SSSR count). The van der Waals surface area contributed by atoms with Crippen molar-refractivity contribution in [2.75, 3.05) is 16.8 Å².